The predicted molar refractivity (Wildman–Crippen MR) is 53.0 cm³/mol. The van der Waals surface area contributed by atoms with Gasteiger partial charge in [0.15, 0.2) is 0 Å². The lowest BCUT2D eigenvalue weighted by atomic mass is 9.93. The first-order valence-electron chi connectivity index (χ1n) is 5.01. The highest BCUT2D eigenvalue weighted by Crippen LogP contribution is 2.17. The summed E-state index contributed by atoms with van der Waals surface area (Å²) in [6.07, 6.45) is 1.69. The molecule has 2 N–H and O–H groups in total. The van der Waals surface area contributed by atoms with Gasteiger partial charge in [0.2, 0.25) is 0 Å². The van der Waals surface area contributed by atoms with Crippen LogP contribution in [0.2, 0.25) is 0 Å². The summed E-state index contributed by atoms with van der Waals surface area (Å²) in [6.45, 7) is 6.40. The highest BCUT2D eigenvalue weighted by molar-refractivity contribution is 4.86. The van der Waals surface area contributed by atoms with E-state index in [2.05, 4.69) is 24.8 Å². The topological polar surface area (TPSA) is 53.0 Å². The lowest BCUT2D eigenvalue weighted by Gasteiger charge is -2.38. The van der Waals surface area contributed by atoms with E-state index in [0.29, 0.717) is 24.4 Å². The molecule has 0 spiro atoms. The molecule has 1 aliphatic heterocycles. The van der Waals surface area contributed by atoms with Crippen LogP contribution in [0.4, 0.5) is 0 Å². The number of nitriles is 1. The van der Waals surface area contributed by atoms with E-state index in [0.717, 1.165) is 19.5 Å². The van der Waals surface area contributed by atoms with Gasteiger partial charge in [-0.3, -0.25) is 4.90 Å². The molecule has 0 bridgehead atoms. The highest BCUT2D eigenvalue weighted by atomic mass is 15.2. The summed E-state index contributed by atoms with van der Waals surface area (Å²) in [4.78, 5) is 2.37. The number of hydrogen-bond acceptors (Lipinski definition) is 3. The van der Waals surface area contributed by atoms with Crippen LogP contribution >= 0.6 is 0 Å². The Hall–Kier alpha value is -0.590. The third-order valence-electron chi connectivity index (χ3n) is 3.01. The van der Waals surface area contributed by atoms with Crippen LogP contribution in [0.3, 0.4) is 0 Å². The lowest BCUT2D eigenvalue weighted by molar-refractivity contribution is 0.125. The maximum atomic E-state index is 8.58. The van der Waals surface area contributed by atoms with E-state index < -0.39 is 0 Å². The van der Waals surface area contributed by atoms with Gasteiger partial charge in [-0.2, -0.15) is 5.26 Å². The van der Waals surface area contributed by atoms with E-state index in [-0.39, 0.29) is 0 Å². The van der Waals surface area contributed by atoms with Crippen molar-refractivity contribution in [3.63, 3.8) is 0 Å². The van der Waals surface area contributed by atoms with Crippen molar-refractivity contribution in [1.29, 1.82) is 5.26 Å². The largest absolute Gasteiger partial charge is 0.327 e. The molecular formula is C10H19N3. The number of hydrogen-bond donors (Lipinski definition) is 1. The van der Waals surface area contributed by atoms with Crippen molar-refractivity contribution in [1.82, 2.24) is 4.90 Å². The van der Waals surface area contributed by atoms with Crippen molar-refractivity contribution >= 4 is 0 Å². The van der Waals surface area contributed by atoms with Crippen LogP contribution in [0.1, 0.15) is 26.7 Å². The second-order valence-electron chi connectivity index (χ2n) is 4.14. The van der Waals surface area contributed by atoms with Gasteiger partial charge in [-0.05, 0) is 25.8 Å². The van der Waals surface area contributed by atoms with E-state index in [1.165, 1.54) is 0 Å². The van der Waals surface area contributed by atoms with Crippen LogP contribution in [0, 0.1) is 17.2 Å². The van der Waals surface area contributed by atoms with Crippen LogP contribution < -0.4 is 5.73 Å². The van der Waals surface area contributed by atoms with Crippen LogP contribution in [0.25, 0.3) is 0 Å². The van der Waals surface area contributed by atoms with Gasteiger partial charge >= 0.3 is 0 Å². The van der Waals surface area contributed by atoms with Crippen molar-refractivity contribution < 1.29 is 0 Å². The fourth-order valence-electron chi connectivity index (χ4n) is 1.86. The summed E-state index contributed by atoms with van der Waals surface area (Å²) < 4.78 is 0. The normalized spacial score (nSPS) is 32.5. The zero-order chi connectivity index (χ0) is 9.84. The monoisotopic (exact) mass is 181 g/mol. The number of piperidine rings is 1. The zero-order valence-corrected chi connectivity index (χ0v) is 8.53. The van der Waals surface area contributed by atoms with Crippen LogP contribution in [-0.4, -0.2) is 30.1 Å². The summed E-state index contributed by atoms with van der Waals surface area (Å²) in [7, 11) is 0. The Bertz CT molecular complexity index is 197. The summed E-state index contributed by atoms with van der Waals surface area (Å²) in [5, 5.41) is 8.58. The zero-order valence-electron chi connectivity index (χ0n) is 8.53. The minimum atomic E-state index is 0.352. The summed E-state index contributed by atoms with van der Waals surface area (Å²) in [5.41, 5.74) is 5.92. The Kier molecular flexibility index (Phi) is 3.71. The second kappa shape index (κ2) is 4.59. The molecule has 0 aromatic rings. The SMILES string of the molecule is CC1CN(C(C)CC#N)CCC1N. The summed E-state index contributed by atoms with van der Waals surface area (Å²) in [6, 6.07) is 2.96. The van der Waals surface area contributed by atoms with Crippen molar-refractivity contribution in [2.75, 3.05) is 13.1 Å². The standard InChI is InChI=1S/C10H19N3/c1-8-7-13(6-4-10(8)12)9(2)3-5-11/h8-10H,3-4,6-7,12H2,1-2H3. The predicted octanol–water partition coefficient (Wildman–Crippen LogP) is 0.958. The van der Waals surface area contributed by atoms with E-state index >= 15 is 0 Å². The molecule has 3 nitrogen and oxygen atoms in total. The Balaban J connectivity index is 2.41. The molecule has 3 atom stereocenters. The third kappa shape index (κ3) is 2.68. The molecule has 3 heteroatoms. The lowest BCUT2D eigenvalue weighted by Crippen LogP contribution is -2.48. The molecule has 74 valence electrons. The molecule has 0 radical (unpaired) electrons. The van der Waals surface area contributed by atoms with Crippen molar-refractivity contribution in [2.24, 2.45) is 11.7 Å². The van der Waals surface area contributed by atoms with Crippen LogP contribution in [-0.2, 0) is 0 Å². The molecule has 0 aromatic carbocycles. The van der Waals surface area contributed by atoms with E-state index in [1.807, 2.05) is 0 Å². The van der Waals surface area contributed by atoms with Crippen molar-refractivity contribution in [2.45, 2.75) is 38.8 Å². The average molecular weight is 181 g/mol. The fourth-order valence-corrected chi connectivity index (χ4v) is 1.86. The van der Waals surface area contributed by atoms with Gasteiger partial charge in [-0.1, -0.05) is 6.92 Å². The van der Waals surface area contributed by atoms with Crippen LogP contribution in [0.15, 0.2) is 0 Å². The smallest absolute Gasteiger partial charge is 0.0638 e. The number of rotatable bonds is 2. The molecule has 3 unspecified atom stereocenters. The molecule has 1 aliphatic rings. The molecule has 0 saturated carbocycles. The Morgan fingerprint density at radius 3 is 2.92 bits per heavy atom. The Labute approximate surface area is 80.5 Å². The van der Waals surface area contributed by atoms with Crippen molar-refractivity contribution in [3.05, 3.63) is 0 Å². The minimum Gasteiger partial charge on any atom is -0.327 e. The quantitative estimate of drug-likeness (QED) is 0.690. The van der Waals surface area contributed by atoms with E-state index in [9.17, 15) is 0 Å². The number of nitrogens with zero attached hydrogens (tertiary/aromatic N) is 2. The molecule has 1 fully saturated rings. The van der Waals surface area contributed by atoms with Gasteiger partial charge in [-0.15, -0.1) is 0 Å². The first kappa shape index (κ1) is 10.5. The van der Waals surface area contributed by atoms with Gasteiger partial charge in [0.1, 0.15) is 0 Å². The Morgan fingerprint density at radius 1 is 1.69 bits per heavy atom. The maximum absolute atomic E-state index is 8.58. The van der Waals surface area contributed by atoms with Gasteiger partial charge in [0, 0.05) is 18.6 Å². The first-order valence-corrected chi connectivity index (χ1v) is 5.01. The molecule has 0 amide bonds. The highest BCUT2D eigenvalue weighted by Gasteiger charge is 2.25. The third-order valence-corrected chi connectivity index (χ3v) is 3.01. The first-order chi connectivity index (χ1) is 6.15. The number of nitrogens with two attached hydrogens (primary N) is 1. The van der Waals surface area contributed by atoms with E-state index in [1.54, 1.807) is 0 Å². The summed E-state index contributed by atoms with van der Waals surface area (Å²) >= 11 is 0. The molecular weight excluding hydrogens is 162 g/mol. The molecule has 1 rings (SSSR count). The van der Waals surface area contributed by atoms with Crippen molar-refractivity contribution in [3.8, 4) is 6.07 Å². The van der Waals surface area contributed by atoms with Gasteiger partial charge in [0.05, 0.1) is 12.5 Å². The molecule has 0 aliphatic carbocycles. The molecule has 1 heterocycles. The maximum Gasteiger partial charge on any atom is 0.0638 e. The minimum absolute atomic E-state index is 0.352. The average Bonchev–Trinajstić information content (AvgIpc) is 2.10. The number of likely N-dealkylation sites (tertiary alicyclic amines) is 1. The van der Waals surface area contributed by atoms with Crippen LogP contribution in [0.5, 0.6) is 0 Å². The second-order valence-corrected chi connectivity index (χ2v) is 4.14. The fraction of sp³-hybridized carbons (Fsp3) is 0.900. The summed E-state index contributed by atoms with van der Waals surface area (Å²) in [5.74, 6) is 0.565. The van der Waals surface area contributed by atoms with E-state index in [4.69, 9.17) is 11.0 Å². The van der Waals surface area contributed by atoms with Gasteiger partial charge < -0.3 is 5.73 Å². The van der Waals surface area contributed by atoms with Gasteiger partial charge in [-0.25, -0.2) is 0 Å². The molecule has 1 saturated heterocycles. The Morgan fingerprint density at radius 2 is 2.38 bits per heavy atom. The van der Waals surface area contributed by atoms with Gasteiger partial charge in [0.25, 0.3) is 0 Å². The molecule has 13 heavy (non-hydrogen) atoms. The molecule has 0 aromatic heterocycles.